The molecule has 4 atom stereocenters. The number of nitrogens with one attached hydrogen (secondary N) is 3. The summed E-state index contributed by atoms with van der Waals surface area (Å²) in [5.41, 5.74) is 0.389. The third-order valence-electron chi connectivity index (χ3n) is 6.87. The van der Waals surface area contributed by atoms with E-state index >= 15 is 0 Å². The summed E-state index contributed by atoms with van der Waals surface area (Å²) in [5.74, 6) is -0.230. The van der Waals surface area contributed by atoms with Crippen molar-refractivity contribution in [2.75, 3.05) is 40.0 Å². The second kappa shape index (κ2) is 16.1. The van der Waals surface area contributed by atoms with E-state index in [1.54, 1.807) is 7.11 Å². The van der Waals surface area contributed by atoms with Crippen molar-refractivity contribution >= 4 is 34.2 Å². The number of unbranched alkanes of at least 4 members (excludes halogenated alkanes) is 3. The van der Waals surface area contributed by atoms with Gasteiger partial charge in [0.2, 0.25) is 5.91 Å². The van der Waals surface area contributed by atoms with Gasteiger partial charge in [-0.3, -0.25) is 4.79 Å². The first-order valence-corrected chi connectivity index (χ1v) is 15.0. The van der Waals surface area contributed by atoms with Crippen molar-refractivity contribution in [3.8, 4) is 0 Å². The number of hydrogen-bond donors (Lipinski definition) is 3. The normalized spacial score (nSPS) is 25.0. The minimum Gasteiger partial charge on any atom is -0.443 e. The molecule has 0 aromatic rings. The quantitative estimate of drug-likeness (QED) is 0.0773. The van der Waals surface area contributed by atoms with E-state index in [4.69, 9.17) is 18.9 Å². The molecule has 0 aromatic heterocycles. The van der Waals surface area contributed by atoms with Crippen LogP contribution in [0, 0.1) is 5.92 Å². The highest BCUT2D eigenvalue weighted by atomic mass is 33.1. The zero-order valence-electron chi connectivity index (χ0n) is 22.7. The number of amides is 2. The van der Waals surface area contributed by atoms with Gasteiger partial charge < -0.3 is 29.6 Å². The van der Waals surface area contributed by atoms with Crippen molar-refractivity contribution in [1.29, 1.82) is 0 Å². The fourth-order valence-electron chi connectivity index (χ4n) is 4.97. The van der Waals surface area contributed by atoms with Crippen molar-refractivity contribution < 1.29 is 32.4 Å². The molecular weight excluding hydrogens is 521 g/mol. The van der Waals surface area contributed by atoms with Gasteiger partial charge in [-0.1, -0.05) is 24.5 Å². The molecule has 2 amide bonds. The molecule has 37 heavy (non-hydrogen) atoms. The molecule has 3 N–H and O–H groups in total. The highest BCUT2D eigenvalue weighted by molar-refractivity contribution is 8.74. The van der Waals surface area contributed by atoms with Gasteiger partial charge >= 0.3 is 6.09 Å². The number of ether oxygens (including phenoxy) is 4. The van der Waals surface area contributed by atoms with Crippen LogP contribution < -0.4 is 15.4 Å². The molecule has 1 aliphatic heterocycles. The predicted octanol–water partition coefficient (Wildman–Crippen LogP) is 4.48. The molecule has 0 aromatic carbocycles. The molecule has 9 nitrogen and oxygen atoms in total. The van der Waals surface area contributed by atoms with Gasteiger partial charge in [0.25, 0.3) is 0 Å². The molecule has 2 fully saturated rings. The Bertz CT molecular complexity index is 750. The van der Waals surface area contributed by atoms with Crippen LogP contribution in [0.5, 0.6) is 0 Å². The van der Waals surface area contributed by atoms with E-state index in [1.807, 2.05) is 13.8 Å². The Morgan fingerprint density at radius 1 is 1.16 bits per heavy atom. The highest BCUT2D eigenvalue weighted by Crippen LogP contribution is 2.52. The summed E-state index contributed by atoms with van der Waals surface area (Å²) in [6.07, 6.45) is 5.89. The molecular formula is C25H44FN3O6S2. The van der Waals surface area contributed by atoms with E-state index in [-0.39, 0.29) is 47.4 Å². The lowest BCUT2D eigenvalue weighted by atomic mass is 9.68. The largest absolute Gasteiger partial charge is 0.443 e. The summed E-state index contributed by atoms with van der Waals surface area (Å²) in [6, 6.07) is 0. The lowest BCUT2D eigenvalue weighted by molar-refractivity contribution is -0.172. The first-order chi connectivity index (χ1) is 17.6. The van der Waals surface area contributed by atoms with Crippen LogP contribution in [0.25, 0.3) is 0 Å². The summed E-state index contributed by atoms with van der Waals surface area (Å²) in [6.45, 7) is 10.5. The van der Waals surface area contributed by atoms with Crippen LogP contribution in [0.1, 0.15) is 66.2 Å². The lowest BCUT2D eigenvalue weighted by Crippen LogP contribution is -2.59. The van der Waals surface area contributed by atoms with Crippen LogP contribution in [0.3, 0.4) is 0 Å². The molecule has 0 radical (unpaired) electrons. The van der Waals surface area contributed by atoms with Gasteiger partial charge in [0.15, 0.2) is 0 Å². The minimum absolute atomic E-state index is 0.0697. The third kappa shape index (κ3) is 10.9. The summed E-state index contributed by atoms with van der Waals surface area (Å²) in [7, 11) is 2.44. The van der Waals surface area contributed by atoms with E-state index < -0.39 is 11.7 Å². The maximum Gasteiger partial charge on any atom is 0.407 e. The maximum atomic E-state index is 12.5. The molecule has 1 saturated heterocycles. The topological polar surface area (TPSA) is 110 Å². The Labute approximate surface area is 228 Å². The minimum atomic E-state index is -0.524. The average molecular weight is 566 g/mol. The highest BCUT2D eigenvalue weighted by Gasteiger charge is 2.64. The molecule has 12 heteroatoms. The Hall–Kier alpha value is -1.05. The van der Waals surface area contributed by atoms with Gasteiger partial charge in [-0.2, -0.15) is 3.89 Å². The van der Waals surface area contributed by atoms with Gasteiger partial charge in [0.05, 0.1) is 31.0 Å². The van der Waals surface area contributed by atoms with Crippen LogP contribution in [0.15, 0.2) is 11.6 Å². The van der Waals surface area contributed by atoms with Crippen LogP contribution in [0.4, 0.5) is 8.68 Å². The molecule has 1 spiro atoms. The Morgan fingerprint density at radius 2 is 1.84 bits per heavy atom. The molecule has 1 aliphatic carbocycles. The average Bonchev–Trinajstić information content (AvgIpc) is 3.60. The monoisotopic (exact) mass is 565 g/mol. The van der Waals surface area contributed by atoms with Crippen molar-refractivity contribution in [3.05, 3.63) is 11.6 Å². The second-order valence-electron chi connectivity index (χ2n) is 10.4. The van der Waals surface area contributed by atoms with E-state index in [9.17, 15) is 13.5 Å². The number of carbonyl (C=O) groups is 2. The maximum absolute atomic E-state index is 12.5. The van der Waals surface area contributed by atoms with Crippen molar-refractivity contribution in [1.82, 2.24) is 15.4 Å². The van der Waals surface area contributed by atoms with Crippen LogP contribution in [0.2, 0.25) is 0 Å². The Kier molecular flexibility index (Phi) is 14.0. The number of allylic oxidation sites excluding steroid dienone is 1. The number of alkyl carbamates (subject to hydrolysis) is 1. The smallest absolute Gasteiger partial charge is 0.407 e. The molecule has 214 valence electrons. The number of carbonyl (C=O) groups excluding carboxylic acids is 2. The third-order valence-corrected chi connectivity index (χ3v) is 7.74. The fourth-order valence-corrected chi connectivity index (χ4v) is 5.52. The van der Waals surface area contributed by atoms with Crippen molar-refractivity contribution in [2.45, 2.75) is 89.6 Å². The van der Waals surface area contributed by atoms with Gasteiger partial charge in [0, 0.05) is 37.1 Å². The lowest BCUT2D eigenvalue weighted by Gasteiger charge is -2.47. The fraction of sp³-hybridized carbons (Fsp3) is 0.840. The van der Waals surface area contributed by atoms with E-state index in [0.29, 0.717) is 32.7 Å². The number of rotatable bonds is 17. The summed E-state index contributed by atoms with van der Waals surface area (Å²) >= 11 is 0.0710. The Morgan fingerprint density at radius 3 is 2.43 bits per heavy atom. The summed E-state index contributed by atoms with van der Waals surface area (Å²) in [5, 5.41) is 5.63. The molecule has 4 unspecified atom stereocenters. The van der Waals surface area contributed by atoms with Crippen molar-refractivity contribution in [3.63, 3.8) is 0 Å². The number of hydrogen-bond acceptors (Lipinski definition) is 9. The molecule has 2 aliphatic rings. The van der Waals surface area contributed by atoms with Gasteiger partial charge in [-0.25, -0.2) is 9.52 Å². The second-order valence-corrected chi connectivity index (χ2v) is 11.8. The number of epoxide rings is 1. The van der Waals surface area contributed by atoms with E-state index in [1.165, 1.54) is 5.57 Å². The van der Waals surface area contributed by atoms with Crippen LogP contribution in [-0.4, -0.2) is 75.4 Å². The first-order valence-electron chi connectivity index (χ1n) is 13.0. The number of methoxy groups -OCH3 is 1. The van der Waals surface area contributed by atoms with E-state index in [2.05, 4.69) is 35.3 Å². The zero-order chi connectivity index (χ0) is 27.3. The van der Waals surface area contributed by atoms with Gasteiger partial charge in [0.1, 0.15) is 23.4 Å². The summed E-state index contributed by atoms with van der Waals surface area (Å²) < 4.78 is 38.4. The molecule has 2 rings (SSSR count). The predicted molar refractivity (Wildman–Crippen MR) is 146 cm³/mol. The Balaban J connectivity index is 1.71. The molecule has 1 saturated carbocycles. The molecule has 0 bridgehead atoms. The molecule has 1 heterocycles. The van der Waals surface area contributed by atoms with Crippen LogP contribution >= 0.6 is 22.2 Å². The first kappa shape index (κ1) is 32.2. The van der Waals surface area contributed by atoms with Crippen molar-refractivity contribution in [2.24, 2.45) is 5.92 Å². The zero-order valence-corrected chi connectivity index (χ0v) is 24.4. The summed E-state index contributed by atoms with van der Waals surface area (Å²) in [4.78, 5) is 24.0. The van der Waals surface area contributed by atoms with Gasteiger partial charge in [-0.05, 0) is 53.4 Å². The number of halogens is 1. The van der Waals surface area contributed by atoms with Gasteiger partial charge in [-0.15, -0.1) is 0 Å². The van der Waals surface area contributed by atoms with E-state index in [0.717, 1.165) is 43.1 Å². The SMILES string of the molecule is COC1C(OC(=O)NCCCCCCNC(=O)CNSSF)CCC2(CO2)C1C(C)(C)OCC=C(C)C. The standard InChI is InChI=1S/C25H44FN3O6S2/c1-18(2)11-15-33-24(3,4)22-21(32-5)19(10-12-25(22)17-34-25)35-23(31)28-14-9-7-6-8-13-27-20(30)16-29-37-36-26/h11,19,21-22,29H,6-10,12-17H2,1-5H3,(H,27,30)(H,28,31). The van der Waals surface area contributed by atoms with Crippen LogP contribution in [-0.2, 0) is 23.7 Å².